The van der Waals surface area contributed by atoms with Gasteiger partial charge in [-0.05, 0) is 67.8 Å². The molecular weight excluding hydrogens is 572 g/mol. The molecule has 0 radical (unpaired) electrons. The SMILES string of the molecule is Cc1ccc(C[C@@H]2CN(C(=O)CN(C)Cc3ccccc3)CCN2C(=O)c2cc(C(F)(F)F)cc(C(F)(F)F)c2)cc1C. The van der Waals surface area contributed by atoms with Gasteiger partial charge in [-0.25, -0.2) is 0 Å². The van der Waals surface area contributed by atoms with E-state index in [9.17, 15) is 35.9 Å². The number of carbonyl (C=O) groups is 2. The number of halogens is 6. The molecule has 11 heteroatoms. The van der Waals surface area contributed by atoms with Gasteiger partial charge in [0.2, 0.25) is 5.91 Å². The summed E-state index contributed by atoms with van der Waals surface area (Å²) in [4.78, 5) is 31.7. The minimum atomic E-state index is -5.08. The number of piperazine rings is 1. The van der Waals surface area contributed by atoms with E-state index in [4.69, 9.17) is 0 Å². The van der Waals surface area contributed by atoms with Crippen molar-refractivity contribution in [2.75, 3.05) is 33.2 Å². The molecule has 3 aromatic rings. The Kier molecular flexibility index (Phi) is 9.54. The predicted molar refractivity (Wildman–Crippen MR) is 150 cm³/mol. The third kappa shape index (κ3) is 8.16. The summed E-state index contributed by atoms with van der Waals surface area (Å²) in [6.45, 7) is 4.63. The zero-order chi connectivity index (χ0) is 31.5. The van der Waals surface area contributed by atoms with Gasteiger partial charge in [-0.3, -0.25) is 14.5 Å². The lowest BCUT2D eigenvalue weighted by Gasteiger charge is -2.42. The van der Waals surface area contributed by atoms with E-state index in [2.05, 4.69) is 0 Å². The van der Waals surface area contributed by atoms with Gasteiger partial charge in [0.05, 0.1) is 23.7 Å². The van der Waals surface area contributed by atoms with Crippen LogP contribution in [0.15, 0.2) is 66.7 Å². The van der Waals surface area contributed by atoms with E-state index < -0.39 is 41.0 Å². The number of carbonyl (C=O) groups excluding carboxylic acids is 2. The number of hydrogen-bond acceptors (Lipinski definition) is 3. The maximum atomic E-state index is 13.6. The molecule has 230 valence electrons. The fourth-order valence-corrected chi connectivity index (χ4v) is 5.25. The number of rotatable bonds is 7. The monoisotopic (exact) mass is 605 g/mol. The molecule has 43 heavy (non-hydrogen) atoms. The average molecular weight is 606 g/mol. The van der Waals surface area contributed by atoms with Crippen LogP contribution in [-0.4, -0.2) is 65.8 Å². The minimum absolute atomic E-state index is 0.00585. The minimum Gasteiger partial charge on any atom is -0.338 e. The summed E-state index contributed by atoms with van der Waals surface area (Å²) in [5.74, 6) is -1.13. The van der Waals surface area contributed by atoms with Crippen molar-refractivity contribution in [2.24, 2.45) is 0 Å². The van der Waals surface area contributed by atoms with Crippen LogP contribution in [0.3, 0.4) is 0 Å². The summed E-state index contributed by atoms with van der Waals surface area (Å²) in [6, 6.07) is 15.6. The highest BCUT2D eigenvalue weighted by Gasteiger charge is 2.39. The summed E-state index contributed by atoms with van der Waals surface area (Å²) >= 11 is 0. The van der Waals surface area contributed by atoms with Crippen LogP contribution in [0.25, 0.3) is 0 Å². The first-order chi connectivity index (χ1) is 20.1. The van der Waals surface area contributed by atoms with Crippen molar-refractivity contribution in [2.45, 2.75) is 45.2 Å². The Balaban J connectivity index is 1.60. The van der Waals surface area contributed by atoms with Crippen LogP contribution in [0.5, 0.6) is 0 Å². The zero-order valence-electron chi connectivity index (χ0n) is 24.1. The number of aryl methyl sites for hydroxylation is 2. The van der Waals surface area contributed by atoms with Gasteiger partial charge in [0.1, 0.15) is 0 Å². The third-order valence-electron chi connectivity index (χ3n) is 7.67. The molecule has 0 N–H and O–H groups in total. The lowest BCUT2D eigenvalue weighted by Crippen LogP contribution is -2.58. The fraction of sp³-hybridized carbons (Fsp3) is 0.375. The van der Waals surface area contributed by atoms with Crippen molar-refractivity contribution >= 4 is 11.8 Å². The largest absolute Gasteiger partial charge is 0.416 e. The second-order valence-electron chi connectivity index (χ2n) is 11.1. The number of hydrogen-bond donors (Lipinski definition) is 0. The van der Waals surface area contributed by atoms with Crippen LogP contribution in [0, 0.1) is 13.8 Å². The Bertz CT molecular complexity index is 1420. The zero-order valence-corrected chi connectivity index (χ0v) is 24.1. The Morgan fingerprint density at radius 2 is 1.44 bits per heavy atom. The summed E-state index contributed by atoms with van der Waals surface area (Å²) in [6.07, 6.45) is -9.89. The molecule has 0 spiro atoms. The summed E-state index contributed by atoms with van der Waals surface area (Å²) in [5, 5.41) is 0. The highest BCUT2D eigenvalue weighted by Crippen LogP contribution is 2.37. The highest BCUT2D eigenvalue weighted by atomic mass is 19.4. The van der Waals surface area contributed by atoms with E-state index in [0.717, 1.165) is 22.3 Å². The molecule has 5 nitrogen and oxygen atoms in total. The normalized spacial score (nSPS) is 16.1. The number of amides is 2. The maximum absolute atomic E-state index is 13.6. The summed E-state index contributed by atoms with van der Waals surface area (Å²) < 4.78 is 81.1. The van der Waals surface area contributed by atoms with Crippen LogP contribution >= 0.6 is 0 Å². The Morgan fingerprint density at radius 3 is 2.02 bits per heavy atom. The maximum Gasteiger partial charge on any atom is 0.416 e. The molecule has 0 unspecified atom stereocenters. The van der Waals surface area contributed by atoms with Gasteiger partial charge in [0.15, 0.2) is 0 Å². The van der Waals surface area contributed by atoms with Gasteiger partial charge in [-0.1, -0.05) is 48.5 Å². The Hall–Kier alpha value is -3.86. The number of nitrogens with zero attached hydrogens (tertiary/aromatic N) is 3. The molecular formula is C32H33F6N3O2. The van der Waals surface area contributed by atoms with Gasteiger partial charge in [-0.2, -0.15) is 26.3 Å². The first kappa shape index (κ1) is 32.1. The molecule has 2 amide bonds. The first-order valence-electron chi connectivity index (χ1n) is 13.8. The third-order valence-corrected chi connectivity index (χ3v) is 7.67. The molecule has 0 aliphatic carbocycles. The van der Waals surface area contributed by atoms with Crippen molar-refractivity contribution in [3.05, 3.63) is 106 Å². The molecule has 1 aliphatic heterocycles. The van der Waals surface area contributed by atoms with Crippen LogP contribution in [0.2, 0.25) is 0 Å². The summed E-state index contributed by atoms with van der Waals surface area (Å²) in [7, 11) is 1.81. The number of alkyl halides is 6. The summed E-state index contributed by atoms with van der Waals surface area (Å²) in [5.41, 5.74) is 0.103. The molecule has 1 saturated heterocycles. The number of benzene rings is 3. The molecule has 3 aromatic carbocycles. The van der Waals surface area contributed by atoms with Crippen molar-refractivity contribution in [1.82, 2.24) is 14.7 Å². The lowest BCUT2D eigenvalue weighted by atomic mass is 9.97. The van der Waals surface area contributed by atoms with E-state index in [-0.39, 0.29) is 44.6 Å². The van der Waals surface area contributed by atoms with Gasteiger partial charge in [0, 0.05) is 31.7 Å². The van der Waals surface area contributed by atoms with Crippen LogP contribution in [-0.2, 0) is 30.1 Å². The van der Waals surface area contributed by atoms with Crippen LogP contribution < -0.4 is 0 Å². The second-order valence-corrected chi connectivity index (χ2v) is 11.1. The van der Waals surface area contributed by atoms with E-state index in [1.165, 1.54) is 4.90 Å². The molecule has 1 fully saturated rings. The standard InChI is InChI=1S/C32H33F6N3O2/c1-21-9-10-24(13-22(21)2)14-28-19-40(29(42)20-39(3)18-23-7-5-4-6-8-23)11-12-41(28)30(43)25-15-26(31(33,34)35)17-27(16-25)32(36,37)38/h4-10,13,15-17,28H,11-12,14,18-20H2,1-3H3/t28-/m1/s1. The van der Waals surface area contributed by atoms with Crippen LogP contribution in [0.1, 0.15) is 43.7 Å². The van der Waals surface area contributed by atoms with Crippen LogP contribution in [0.4, 0.5) is 26.3 Å². The van der Waals surface area contributed by atoms with Gasteiger partial charge >= 0.3 is 12.4 Å². The average Bonchev–Trinajstić information content (AvgIpc) is 2.94. The van der Waals surface area contributed by atoms with E-state index in [0.29, 0.717) is 18.7 Å². The lowest BCUT2D eigenvalue weighted by molar-refractivity contribution is -0.143. The van der Waals surface area contributed by atoms with Gasteiger partial charge < -0.3 is 9.80 Å². The predicted octanol–water partition coefficient (Wildman–Crippen LogP) is 6.37. The van der Waals surface area contributed by atoms with Crippen molar-refractivity contribution in [3.63, 3.8) is 0 Å². The highest BCUT2D eigenvalue weighted by molar-refractivity contribution is 5.95. The topological polar surface area (TPSA) is 43.9 Å². The molecule has 0 aromatic heterocycles. The molecule has 1 aliphatic rings. The molecule has 1 heterocycles. The number of likely N-dealkylation sites (N-methyl/N-ethyl adjacent to an activating group) is 1. The van der Waals surface area contributed by atoms with E-state index in [1.807, 2.05) is 74.3 Å². The second kappa shape index (κ2) is 12.8. The van der Waals surface area contributed by atoms with Crippen molar-refractivity contribution < 1.29 is 35.9 Å². The first-order valence-corrected chi connectivity index (χ1v) is 13.8. The fourth-order valence-electron chi connectivity index (χ4n) is 5.25. The van der Waals surface area contributed by atoms with Crippen molar-refractivity contribution in [3.8, 4) is 0 Å². The van der Waals surface area contributed by atoms with E-state index >= 15 is 0 Å². The van der Waals surface area contributed by atoms with Crippen molar-refractivity contribution in [1.29, 1.82) is 0 Å². The molecule has 1 atom stereocenters. The Labute approximate surface area is 246 Å². The van der Waals surface area contributed by atoms with Gasteiger partial charge in [-0.15, -0.1) is 0 Å². The van der Waals surface area contributed by atoms with E-state index in [1.54, 1.807) is 4.90 Å². The quantitative estimate of drug-likeness (QED) is 0.294. The Morgan fingerprint density at radius 1 is 0.814 bits per heavy atom. The molecule has 4 rings (SSSR count). The smallest absolute Gasteiger partial charge is 0.338 e. The van der Waals surface area contributed by atoms with Gasteiger partial charge in [0.25, 0.3) is 5.91 Å². The molecule has 0 bridgehead atoms. The molecule has 0 saturated carbocycles.